The van der Waals surface area contributed by atoms with Crippen molar-refractivity contribution in [2.75, 3.05) is 23.1 Å². The van der Waals surface area contributed by atoms with E-state index in [0.717, 1.165) is 50.0 Å². The third-order valence-corrected chi connectivity index (χ3v) is 6.43. The minimum Gasteiger partial charge on any atom is -0.354 e. The quantitative estimate of drug-likeness (QED) is 0.482. The smallest absolute Gasteiger partial charge is 0.262 e. The molecule has 0 saturated carbocycles. The number of sulfonamides is 1. The van der Waals surface area contributed by atoms with Gasteiger partial charge in [0.25, 0.3) is 10.0 Å². The zero-order chi connectivity index (χ0) is 20.8. The zero-order valence-corrected chi connectivity index (χ0v) is 17.5. The van der Waals surface area contributed by atoms with Gasteiger partial charge < -0.3 is 10.6 Å². The Hall–Kier alpha value is -2.97. The summed E-state index contributed by atoms with van der Waals surface area (Å²) in [6.07, 6.45) is 5.71. The molecule has 0 spiro atoms. The van der Waals surface area contributed by atoms with Gasteiger partial charge in [-0.15, -0.1) is 0 Å². The number of benzene rings is 2. The Kier molecular flexibility index (Phi) is 6.25. The summed E-state index contributed by atoms with van der Waals surface area (Å²) in [7, 11) is -3.68. The SMILES string of the molecule is O=S(=O)(Nc1cnc(NCCCc2ccccc2)nc1)c1ccc2c(c1)CCNC2. The number of aryl methyl sites for hydroxylation is 1. The molecule has 1 aromatic heterocycles. The lowest BCUT2D eigenvalue weighted by Gasteiger charge is -2.18. The molecule has 0 radical (unpaired) electrons. The highest BCUT2D eigenvalue weighted by atomic mass is 32.2. The molecule has 1 aliphatic rings. The summed E-state index contributed by atoms with van der Waals surface area (Å²) in [5, 5.41) is 6.45. The first-order chi connectivity index (χ1) is 14.6. The second-order valence-electron chi connectivity index (χ2n) is 7.27. The van der Waals surface area contributed by atoms with Crippen LogP contribution in [0.25, 0.3) is 0 Å². The zero-order valence-electron chi connectivity index (χ0n) is 16.6. The molecule has 4 rings (SSSR count). The van der Waals surface area contributed by atoms with Crippen molar-refractivity contribution in [2.24, 2.45) is 0 Å². The number of rotatable bonds is 8. The van der Waals surface area contributed by atoms with Gasteiger partial charge in [0, 0.05) is 13.1 Å². The molecule has 0 atom stereocenters. The summed E-state index contributed by atoms with van der Waals surface area (Å²) in [6, 6.07) is 15.6. The average molecular weight is 424 g/mol. The van der Waals surface area contributed by atoms with Crippen molar-refractivity contribution in [3.8, 4) is 0 Å². The normalized spacial score (nSPS) is 13.5. The number of hydrogen-bond acceptors (Lipinski definition) is 6. The van der Waals surface area contributed by atoms with Crippen molar-refractivity contribution in [2.45, 2.75) is 30.7 Å². The Morgan fingerprint density at radius 1 is 1.00 bits per heavy atom. The van der Waals surface area contributed by atoms with Crippen molar-refractivity contribution >= 4 is 21.7 Å². The molecular formula is C22H25N5O2S. The maximum Gasteiger partial charge on any atom is 0.262 e. The topological polar surface area (TPSA) is 96.0 Å². The number of anilines is 2. The molecule has 7 nitrogen and oxygen atoms in total. The van der Waals surface area contributed by atoms with Gasteiger partial charge in [-0.1, -0.05) is 36.4 Å². The summed E-state index contributed by atoms with van der Waals surface area (Å²) in [5.74, 6) is 0.479. The van der Waals surface area contributed by atoms with E-state index in [2.05, 4.69) is 37.5 Å². The standard InChI is InChI=1S/C22H25N5O2S/c28-30(29,21-9-8-19-14-23-12-10-18(19)13-21)27-20-15-25-22(26-16-20)24-11-4-7-17-5-2-1-3-6-17/h1-3,5-6,8-9,13,15-16,23,27H,4,7,10-12,14H2,(H,24,25,26). The van der Waals surface area contributed by atoms with Crippen molar-refractivity contribution in [3.05, 3.63) is 77.6 Å². The Morgan fingerprint density at radius 2 is 1.80 bits per heavy atom. The van der Waals surface area contributed by atoms with E-state index in [1.165, 1.54) is 18.0 Å². The molecular weight excluding hydrogens is 398 g/mol. The van der Waals surface area contributed by atoms with Crippen molar-refractivity contribution in [3.63, 3.8) is 0 Å². The van der Waals surface area contributed by atoms with Crippen LogP contribution < -0.4 is 15.4 Å². The molecule has 8 heteroatoms. The number of nitrogens with one attached hydrogen (secondary N) is 3. The number of nitrogens with zero attached hydrogens (tertiary/aromatic N) is 2. The number of aromatic nitrogens is 2. The average Bonchev–Trinajstić information content (AvgIpc) is 2.78. The third kappa shape index (κ3) is 5.14. The Morgan fingerprint density at radius 3 is 2.60 bits per heavy atom. The van der Waals surface area contributed by atoms with E-state index in [1.807, 2.05) is 24.3 Å². The molecule has 3 aromatic rings. The van der Waals surface area contributed by atoms with Crippen LogP contribution in [0.1, 0.15) is 23.1 Å². The third-order valence-electron chi connectivity index (χ3n) is 5.05. The van der Waals surface area contributed by atoms with E-state index in [0.29, 0.717) is 11.6 Å². The minimum absolute atomic E-state index is 0.256. The second-order valence-corrected chi connectivity index (χ2v) is 8.96. The van der Waals surface area contributed by atoms with Crippen LogP contribution >= 0.6 is 0 Å². The summed E-state index contributed by atoms with van der Waals surface area (Å²) < 4.78 is 28.0. The van der Waals surface area contributed by atoms with Crippen LogP contribution in [0.5, 0.6) is 0 Å². The largest absolute Gasteiger partial charge is 0.354 e. The molecule has 0 fully saturated rings. The van der Waals surface area contributed by atoms with Crippen LogP contribution in [0.4, 0.5) is 11.6 Å². The fraction of sp³-hybridized carbons (Fsp3) is 0.273. The lowest BCUT2D eigenvalue weighted by atomic mass is 10.0. The fourth-order valence-corrected chi connectivity index (χ4v) is 4.52. The highest BCUT2D eigenvalue weighted by Crippen LogP contribution is 2.21. The molecule has 156 valence electrons. The van der Waals surface area contributed by atoms with E-state index in [-0.39, 0.29) is 4.90 Å². The monoisotopic (exact) mass is 423 g/mol. The molecule has 0 unspecified atom stereocenters. The lowest BCUT2D eigenvalue weighted by Crippen LogP contribution is -2.24. The maximum atomic E-state index is 12.7. The first-order valence-corrected chi connectivity index (χ1v) is 11.5. The maximum absolute atomic E-state index is 12.7. The summed E-state index contributed by atoms with van der Waals surface area (Å²) >= 11 is 0. The van der Waals surface area contributed by atoms with E-state index < -0.39 is 10.0 Å². The number of hydrogen-bond donors (Lipinski definition) is 3. The van der Waals surface area contributed by atoms with Crippen molar-refractivity contribution in [1.82, 2.24) is 15.3 Å². The van der Waals surface area contributed by atoms with Crippen molar-refractivity contribution in [1.29, 1.82) is 0 Å². The van der Waals surface area contributed by atoms with Gasteiger partial charge in [0.2, 0.25) is 5.95 Å². The predicted octanol–water partition coefficient (Wildman–Crippen LogP) is 2.97. The van der Waals surface area contributed by atoms with E-state index in [1.54, 1.807) is 12.1 Å². The molecule has 0 bridgehead atoms. The summed E-state index contributed by atoms with van der Waals surface area (Å²) in [5.41, 5.74) is 3.85. The van der Waals surface area contributed by atoms with Gasteiger partial charge in [0.1, 0.15) is 0 Å². The first-order valence-electron chi connectivity index (χ1n) is 10.1. The summed E-state index contributed by atoms with van der Waals surface area (Å²) in [4.78, 5) is 8.68. The Bertz CT molecular complexity index is 1090. The van der Waals surface area contributed by atoms with Crippen LogP contribution in [-0.2, 0) is 29.4 Å². The van der Waals surface area contributed by atoms with Gasteiger partial charge in [0.05, 0.1) is 23.0 Å². The second kappa shape index (κ2) is 9.23. The molecule has 3 N–H and O–H groups in total. The van der Waals surface area contributed by atoms with E-state index in [4.69, 9.17) is 0 Å². The van der Waals surface area contributed by atoms with Crippen LogP contribution in [0, 0.1) is 0 Å². The molecule has 0 aliphatic carbocycles. The van der Waals surface area contributed by atoms with Crippen molar-refractivity contribution < 1.29 is 8.42 Å². The summed E-state index contributed by atoms with van der Waals surface area (Å²) in [6.45, 7) is 2.37. The fourth-order valence-electron chi connectivity index (χ4n) is 3.44. The van der Waals surface area contributed by atoms with Crippen LogP contribution in [0.2, 0.25) is 0 Å². The highest BCUT2D eigenvalue weighted by molar-refractivity contribution is 7.92. The first kappa shape index (κ1) is 20.3. The van der Waals surface area contributed by atoms with Gasteiger partial charge in [0.15, 0.2) is 0 Å². The van der Waals surface area contributed by atoms with Gasteiger partial charge >= 0.3 is 0 Å². The van der Waals surface area contributed by atoms with E-state index >= 15 is 0 Å². The van der Waals surface area contributed by atoms with Gasteiger partial charge in [-0.2, -0.15) is 0 Å². The molecule has 2 aromatic carbocycles. The molecule has 0 amide bonds. The van der Waals surface area contributed by atoms with Gasteiger partial charge in [-0.05, 0) is 54.6 Å². The Balaban J connectivity index is 1.32. The Labute approximate surface area is 177 Å². The van der Waals surface area contributed by atoms with Crippen LogP contribution in [0.15, 0.2) is 65.8 Å². The lowest BCUT2D eigenvalue weighted by molar-refractivity contribution is 0.599. The molecule has 30 heavy (non-hydrogen) atoms. The highest BCUT2D eigenvalue weighted by Gasteiger charge is 2.18. The predicted molar refractivity (Wildman–Crippen MR) is 118 cm³/mol. The van der Waals surface area contributed by atoms with E-state index in [9.17, 15) is 8.42 Å². The van der Waals surface area contributed by atoms with Crippen LogP contribution in [-0.4, -0.2) is 31.5 Å². The number of fused-ring (bicyclic) bond motifs is 1. The van der Waals surface area contributed by atoms with Gasteiger partial charge in [-0.25, -0.2) is 18.4 Å². The molecule has 0 saturated heterocycles. The van der Waals surface area contributed by atoms with Gasteiger partial charge in [-0.3, -0.25) is 4.72 Å². The minimum atomic E-state index is -3.68. The van der Waals surface area contributed by atoms with Crippen LogP contribution in [0.3, 0.4) is 0 Å². The molecule has 2 heterocycles. The molecule has 1 aliphatic heterocycles.